The molecule has 1 aliphatic heterocycles. The molecule has 0 radical (unpaired) electrons. The molecule has 1 saturated heterocycles. The van der Waals surface area contributed by atoms with Gasteiger partial charge in [-0.05, 0) is 43.7 Å². The minimum atomic E-state index is -4.39. The molecule has 174 valence electrons. The monoisotopic (exact) mass is 456 g/mol. The molecule has 3 aromatic rings. The van der Waals surface area contributed by atoms with Crippen molar-refractivity contribution in [3.8, 4) is 0 Å². The van der Waals surface area contributed by atoms with Crippen LogP contribution in [0, 0.1) is 6.92 Å². The molecule has 1 amide bonds. The molecule has 2 aromatic carbocycles. The molecular weight excluding hydrogens is 429 g/mol. The Morgan fingerprint density at radius 2 is 1.85 bits per heavy atom. The van der Waals surface area contributed by atoms with E-state index in [0.29, 0.717) is 31.6 Å². The lowest BCUT2D eigenvalue weighted by atomic mass is 10.1. The van der Waals surface area contributed by atoms with Crippen LogP contribution in [0.2, 0.25) is 0 Å². The Balaban J connectivity index is 1.39. The van der Waals surface area contributed by atoms with Crippen LogP contribution in [-0.4, -0.2) is 44.9 Å². The fourth-order valence-corrected chi connectivity index (χ4v) is 4.23. The number of imidazole rings is 1. The number of rotatable bonds is 7. The van der Waals surface area contributed by atoms with Crippen LogP contribution in [0.3, 0.4) is 0 Å². The van der Waals surface area contributed by atoms with Crippen LogP contribution in [0.15, 0.2) is 61.1 Å². The second kappa shape index (κ2) is 9.39. The highest BCUT2D eigenvalue weighted by Crippen LogP contribution is 2.30. The van der Waals surface area contributed by atoms with Crippen LogP contribution in [0.25, 0.3) is 0 Å². The minimum Gasteiger partial charge on any atom is -0.337 e. The minimum absolute atomic E-state index is 0.0560. The van der Waals surface area contributed by atoms with Gasteiger partial charge in [0.2, 0.25) is 5.91 Å². The fraction of sp³-hybridized carbons (Fsp3) is 0.360. The third-order valence-corrected chi connectivity index (χ3v) is 6.11. The summed E-state index contributed by atoms with van der Waals surface area (Å²) >= 11 is 0. The van der Waals surface area contributed by atoms with E-state index in [9.17, 15) is 18.0 Å². The molecule has 0 N–H and O–H groups in total. The van der Waals surface area contributed by atoms with Crippen LogP contribution in [-0.2, 0) is 30.6 Å². The summed E-state index contributed by atoms with van der Waals surface area (Å²) in [6.45, 7) is 4.00. The van der Waals surface area contributed by atoms with Crippen molar-refractivity contribution < 1.29 is 18.0 Å². The SMILES string of the molecule is Cc1ccc(Cn2cncc2CN(C)C2CCN(Cc3cccc(C(F)(F)F)c3)C2=O)cc1. The summed E-state index contributed by atoms with van der Waals surface area (Å²) in [6, 6.07) is 13.2. The van der Waals surface area contributed by atoms with E-state index in [4.69, 9.17) is 0 Å². The lowest BCUT2D eigenvalue weighted by Crippen LogP contribution is -2.39. The summed E-state index contributed by atoms with van der Waals surface area (Å²) in [6.07, 6.45) is -0.153. The first-order valence-electron chi connectivity index (χ1n) is 10.9. The fourth-order valence-electron chi connectivity index (χ4n) is 4.23. The van der Waals surface area contributed by atoms with E-state index >= 15 is 0 Å². The van der Waals surface area contributed by atoms with Gasteiger partial charge in [0.25, 0.3) is 0 Å². The van der Waals surface area contributed by atoms with Gasteiger partial charge in [-0.25, -0.2) is 4.98 Å². The summed E-state index contributed by atoms with van der Waals surface area (Å²) in [5, 5.41) is 0. The van der Waals surface area contributed by atoms with Crippen LogP contribution in [0.4, 0.5) is 13.2 Å². The smallest absolute Gasteiger partial charge is 0.337 e. The molecule has 1 aromatic heterocycles. The highest BCUT2D eigenvalue weighted by molar-refractivity contribution is 5.84. The number of amides is 1. The average molecular weight is 457 g/mol. The zero-order chi connectivity index (χ0) is 23.6. The van der Waals surface area contributed by atoms with Gasteiger partial charge in [-0.3, -0.25) is 9.69 Å². The molecule has 2 heterocycles. The van der Waals surface area contributed by atoms with Crippen molar-refractivity contribution in [2.24, 2.45) is 0 Å². The predicted octanol–water partition coefficient (Wildman–Crippen LogP) is 4.49. The van der Waals surface area contributed by atoms with Crippen molar-refractivity contribution in [2.75, 3.05) is 13.6 Å². The van der Waals surface area contributed by atoms with Crippen molar-refractivity contribution in [3.05, 3.63) is 89.0 Å². The van der Waals surface area contributed by atoms with Crippen LogP contribution in [0.1, 0.15) is 34.4 Å². The number of aromatic nitrogens is 2. The maximum absolute atomic E-state index is 13.0. The number of aryl methyl sites for hydroxylation is 1. The number of likely N-dealkylation sites (N-methyl/N-ethyl adjacent to an activating group) is 1. The number of carbonyl (C=O) groups is 1. The van der Waals surface area contributed by atoms with Gasteiger partial charge in [0.1, 0.15) is 0 Å². The first-order valence-corrected chi connectivity index (χ1v) is 10.9. The van der Waals surface area contributed by atoms with Crippen LogP contribution in [0.5, 0.6) is 0 Å². The molecule has 33 heavy (non-hydrogen) atoms. The molecule has 0 saturated carbocycles. The molecule has 0 bridgehead atoms. The third kappa shape index (κ3) is 5.45. The molecule has 1 fully saturated rings. The van der Waals surface area contributed by atoms with Crippen molar-refractivity contribution in [3.63, 3.8) is 0 Å². The van der Waals surface area contributed by atoms with E-state index in [0.717, 1.165) is 17.8 Å². The van der Waals surface area contributed by atoms with Gasteiger partial charge in [-0.2, -0.15) is 13.2 Å². The van der Waals surface area contributed by atoms with E-state index in [1.807, 2.05) is 18.1 Å². The number of likely N-dealkylation sites (tertiary alicyclic amines) is 1. The van der Waals surface area contributed by atoms with E-state index in [2.05, 4.69) is 40.7 Å². The van der Waals surface area contributed by atoms with Crippen molar-refractivity contribution in [1.29, 1.82) is 0 Å². The van der Waals surface area contributed by atoms with Gasteiger partial charge in [-0.1, -0.05) is 42.0 Å². The van der Waals surface area contributed by atoms with Crippen molar-refractivity contribution >= 4 is 5.91 Å². The van der Waals surface area contributed by atoms with E-state index in [1.54, 1.807) is 17.3 Å². The average Bonchev–Trinajstić information content (AvgIpc) is 3.36. The number of alkyl halides is 3. The van der Waals surface area contributed by atoms with Gasteiger partial charge >= 0.3 is 6.18 Å². The number of nitrogens with zero attached hydrogens (tertiary/aromatic N) is 4. The Hall–Kier alpha value is -3.13. The number of halogens is 3. The quantitative estimate of drug-likeness (QED) is 0.526. The molecule has 0 aliphatic carbocycles. The highest BCUT2D eigenvalue weighted by Gasteiger charge is 2.35. The van der Waals surface area contributed by atoms with E-state index < -0.39 is 11.7 Å². The first kappa shape index (κ1) is 23.0. The number of carbonyl (C=O) groups excluding carboxylic acids is 1. The standard InChI is InChI=1S/C25H27F3N4O/c1-18-6-8-19(9-7-18)14-32-17-29-13-22(32)16-30(2)23-10-11-31(24(23)33)15-20-4-3-5-21(12-20)25(26,27)28/h3-9,12-13,17,23H,10-11,14-16H2,1-2H3. The van der Waals surface area contributed by atoms with Gasteiger partial charge in [0.15, 0.2) is 0 Å². The normalized spacial score (nSPS) is 16.7. The van der Waals surface area contributed by atoms with E-state index in [1.165, 1.54) is 17.2 Å². The Morgan fingerprint density at radius 3 is 2.58 bits per heavy atom. The predicted molar refractivity (Wildman–Crippen MR) is 119 cm³/mol. The summed E-state index contributed by atoms with van der Waals surface area (Å²) < 4.78 is 41.1. The second-order valence-electron chi connectivity index (χ2n) is 8.68. The second-order valence-corrected chi connectivity index (χ2v) is 8.68. The molecule has 1 unspecified atom stereocenters. The summed E-state index contributed by atoms with van der Waals surface area (Å²) in [5.74, 6) is -0.0560. The molecule has 5 nitrogen and oxygen atoms in total. The number of hydrogen-bond acceptors (Lipinski definition) is 3. The molecular formula is C25H27F3N4O. The maximum Gasteiger partial charge on any atom is 0.416 e. The van der Waals surface area contributed by atoms with E-state index in [-0.39, 0.29) is 18.5 Å². The largest absolute Gasteiger partial charge is 0.416 e. The summed E-state index contributed by atoms with van der Waals surface area (Å²) in [7, 11) is 1.90. The maximum atomic E-state index is 13.0. The first-order chi connectivity index (χ1) is 15.7. The van der Waals surface area contributed by atoms with Crippen molar-refractivity contribution in [2.45, 2.75) is 45.2 Å². The van der Waals surface area contributed by atoms with Crippen LogP contribution >= 0.6 is 0 Å². The molecule has 4 rings (SSSR count). The Labute approximate surface area is 191 Å². The molecule has 8 heteroatoms. The zero-order valence-electron chi connectivity index (χ0n) is 18.7. The van der Waals surface area contributed by atoms with Gasteiger partial charge < -0.3 is 9.47 Å². The lowest BCUT2D eigenvalue weighted by molar-refractivity contribution is -0.137. The Morgan fingerprint density at radius 1 is 1.09 bits per heavy atom. The topological polar surface area (TPSA) is 41.4 Å². The molecule has 0 spiro atoms. The van der Waals surface area contributed by atoms with Crippen molar-refractivity contribution in [1.82, 2.24) is 19.4 Å². The number of benzene rings is 2. The molecule has 1 aliphatic rings. The zero-order valence-corrected chi connectivity index (χ0v) is 18.7. The number of hydrogen-bond donors (Lipinski definition) is 0. The summed E-state index contributed by atoms with van der Waals surface area (Å²) in [5.41, 5.74) is 3.17. The van der Waals surface area contributed by atoms with Crippen LogP contribution < -0.4 is 0 Å². The summed E-state index contributed by atoms with van der Waals surface area (Å²) in [4.78, 5) is 20.9. The Bertz CT molecular complexity index is 1110. The molecule has 1 atom stereocenters. The highest BCUT2D eigenvalue weighted by atomic mass is 19.4. The Kier molecular flexibility index (Phi) is 6.56. The third-order valence-electron chi connectivity index (χ3n) is 6.11. The van der Waals surface area contributed by atoms with Gasteiger partial charge in [-0.15, -0.1) is 0 Å². The van der Waals surface area contributed by atoms with Gasteiger partial charge in [0, 0.05) is 32.4 Å². The van der Waals surface area contributed by atoms with Gasteiger partial charge in [0.05, 0.1) is 23.6 Å². The lowest BCUT2D eigenvalue weighted by Gasteiger charge is -2.24.